The molecule has 3 unspecified atom stereocenters. The Morgan fingerprint density at radius 3 is 3.12 bits per heavy atom. The second-order valence-corrected chi connectivity index (χ2v) is 6.65. The van der Waals surface area contributed by atoms with Gasteiger partial charge in [0.05, 0.1) is 6.10 Å². The predicted octanol–water partition coefficient (Wildman–Crippen LogP) is 2.51. The van der Waals surface area contributed by atoms with E-state index in [0.717, 1.165) is 50.3 Å². The second-order valence-electron chi connectivity index (χ2n) is 6.65. The van der Waals surface area contributed by atoms with Crippen LogP contribution in [0, 0.1) is 0 Å². The molecule has 2 fully saturated rings. The van der Waals surface area contributed by atoms with Gasteiger partial charge in [-0.05, 0) is 51.3 Å². The van der Waals surface area contributed by atoms with Gasteiger partial charge in [0, 0.05) is 30.4 Å². The number of carbonyl (C=O) groups excluding carboxylic acids is 1. The number of amides is 2. The van der Waals surface area contributed by atoms with E-state index >= 15 is 0 Å². The largest absolute Gasteiger partial charge is 0.491 e. The Balaban J connectivity index is 1.47. The van der Waals surface area contributed by atoms with Gasteiger partial charge in [0.25, 0.3) is 0 Å². The molecule has 6 heteroatoms. The fourth-order valence-corrected chi connectivity index (χ4v) is 3.24. The van der Waals surface area contributed by atoms with E-state index in [1.165, 1.54) is 0 Å². The van der Waals surface area contributed by atoms with Crippen LogP contribution in [0.15, 0.2) is 24.3 Å². The maximum Gasteiger partial charge on any atom is 0.319 e. The Morgan fingerprint density at radius 1 is 1.42 bits per heavy atom. The Kier molecular flexibility index (Phi) is 5.93. The Hall–Kier alpha value is -1.79. The van der Waals surface area contributed by atoms with Crippen LogP contribution in [-0.4, -0.2) is 44.0 Å². The van der Waals surface area contributed by atoms with E-state index in [1.54, 1.807) is 0 Å². The lowest BCUT2D eigenvalue weighted by Gasteiger charge is -2.28. The molecule has 0 radical (unpaired) electrons. The summed E-state index contributed by atoms with van der Waals surface area (Å²) in [5, 5.41) is 9.31. The molecule has 1 aromatic rings. The van der Waals surface area contributed by atoms with Crippen molar-refractivity contribution >= 4 is 11.7 Å². The maximum atomic E-state index is 12.2. The monoisotopic (exact) mass is 333 g/mol. The van der Waals surface area contributed by atoms with Gasteiger partial charge < -0.3 is 25.4 Å². The number of benzene rings is 1. The number of ether oxygens (including phenoxy) is 2. The molecule has 2 heterocycles. The van der Waals surface area contributed by atoms with E-state index in [-0.39, 0.29) is 18.2 Å². The van der Waals surface area contributed by atoms with Gasteiger partial charge in [0.15, 0.2) is 0 Å². The smallest absolute Gasteiger partial charge is 0.319 e. The summed E-state index contributed by atoms with van der Waals surface area (Å²) in [6.45, 7) is 4.47. The van der Waals surface area contributed by atoms with Crippen LogP contribution in [0.1, 0.15) is 32.6 Å². The number of rotatable bonds is 5. The molecule has 3 atom stereocenters. The summed E-state index contributed by atoms with van der Waals surface area (Å²) in [5.74, 6) is 0.749. The van der Waals surface area contributed by atoms with Crippen LogP contribution in [0.25, 0.3) is 0 Å². The minimum atomic E-state index is -0.162. The summed E-state index contributed by atoms with van der Waals surface area (Å²) in [5.41, 5.74) is 0.735. The van der Waals surface area contributed by atoms with Crippen molar-refractivity contribution in [2.75, 3.05) is 25.1 Å². The number of urea groups is 1. The Labute approximate surface area is 143 Å². The first kappa shape index (κ1) is 17.0. The molecule has 0 aromatic heterocycles. The lowest BCUT2D eigenvalue weighted by molar-refractivity contribution is 0.0680. The molecule has 1 aromatic carbocycles. The van der Waals surface area contributed by atoms with Gasteiger partial charge in [0.2, 0.25) is 0 Å². The van der Waals surface area contributed by atoms with Crippen molar-refractivity contribution in [2.24, 2.45) is 0 Å². The third-order valence-corrected chi connectivity index (χ3v) is 4.51. The minimum Gasteiger partial charge on any atom is -0.491 e. The number of hydrogen-bond acceptors (Lipinski definition) is 4. The number of nitrogens with one attached hydrogen (secondary N) is 3. The number of piperidine rings is 1. The van der Waals surface area contributed by atoms with E-state index in [9.17, 15) is 4.79 Å². The van der Waals surface area contributed by atoms with Gasteiger partial charge in [-0.15, -0.1) is 0 Å². The van der Waals surface area contributed by atoms with Crippen LogP contribution in [-0.2, 0) is 4.74 Å². The quantitative estimate of drug-likeness (QED) is 0.774. The van der Waals surface area contributed by atoms with Crippen molar-refractivity contribution in [1.82, 2.24) is 10.6 Å². The molecule has 3 rings (SSSR count). The summed E-state index contributed by atoms with van der Waals surface area (Å²) in [7, 11) is 0. The van der Waals surface area contributed by atoms with E-state index in [2.05, 4.69) is 22.9 Å². The zero-order valence-electron chi connectivity index (χ0n) is 14.2. The fraction of sp³-hybridized carbons (Fsp3) is 0.611. The van der Waals surface area contributed by atoms with Crippen LogP contribution < -0.4 is 20.7 Å². The number of anilines is 1. The molecule has 2 amide bonds. The molecule has 0 saturated carbocycles. The first-order valence-electron chi connectivity index (χ1n) is 8.84. The highest BCUT2D eigenvalue weighted by atomic mass is 16.5. The van der Waals surface area contributed by atoms with E-state index in [0.29, 0.717) is 12.6 Å². The number of carbonyl (C=O) groups is 1. The average Bonchev–Trinajstić information content (AvgIpc) is 3.06. The van der Waals surface area contributed by atoms with Gasteiger partial charge in [0.1, 0.15) is 12.4 Å². The van der Waals surface area contributed by atoms with Crippen LogP contribution in [0.3, 0.4) is 0 Å². The summed E-state index contributed by atoms with van der Waals surface area (Å²) < 4.78 is 11.3. The molecule has 3 N–H and O–H groups in total. The molecule has 2 saturated heterocycles. The van der Waals surface area contributed by atoms with Crippen molar-refractivity contribution in [3.05, 3.63) is 24.3 Å². The highest BCUT2D eigenvalue weighted by Gasteiger charge is 2.20. The highest BCUT2D eigenvalue weighted by Crippen LogP contribution is 2.20. The molecule has 0 aliphatic carbocycles. The van der Waals surface area contributed by atoms with Crippen molar-refractivity contribution < 1.29 is 14.3 Å². The number of hydrogen-bond donors (Lipinski definition) is 3. The van der Waals surface area contributed by atoms with Crippen molar-refractivity contribution in [1.29, 1.82) is 0 Å². The fourth-order valence-electron chi connectivity index (χ4n) is 3.24. The topological polar surface area (TPSA) is 71.6 Å². The summed E-state index contributed by atoms with van der Waals surface area (Å²) in [6.07, 6.45) is 4.26. The average molecular weight is 333 g/mol. The lowest BCUT2D eigenvalue weighted by Crippen LogP contribution is -2.47. The zero-order valence-corrected chi connectivity index (χ0v) is 14.2. The molecule has 6 nitrogen and oxygen atoms in total. The summed E-state index contributed by atoms with van der Waals surface area (Å²) in [6, 6.07) is 7.99. The van der Waals surface area contributed by atoms with E-state index < -0.39 is 0 Å². The Bertz CT molecular complexity index is 546. The molecule has 2 aliphatic heterocycles. The van der Waals surface area contributed by atoms with Gasteiger partial charge in [-0.1, -0.05) is 6.07 Å². The first-order chi connectivity index (χ1) is 11.7. The van der Waals surface area contributed by atoms with Crippen LogP contribution in [0.2, 0.25) is 0 Å². The molecule has 0 bridgehead atoms. The normalized spacial score (nSPS) is 26.8. The third kappa shape index (κ3) is 5.11. The van der Waals surface area contributed by atoms with E-state index in [1.807, 2.05) is 24.3 Å². The maximum absolute atomic E-state index is 12.2. The standard InChI is InChI=1S/C18H27N3O3/c1-13-10-15(7-8-19-13)21-18(22)20-14-4-2-5-16(11-14)24-12-17-6-3-9-23-17/h2,4-5,11,13,15,17,19H,3,6-10,12H2,1H3,(H2,20,21,22). The minimum absolute atomic E-state index is 0.162. The van der Waals surface area contributed by atoms with Gasteiger partial charge >= 0.3 is 6.03 Å². The predicted molar refractivity (Wildman–Crippen MR) is 93.6 cm³/mol. The SMILES string of the molecule is CC1CC(NC(=O)Nc2cccc(OCC3CCCO3)c2)CCN1. The zero-order chi connectivity index (χ0) is 16.8. The Morgan fingerprint density at radius 2 is 2.33 bits per heavy atom. The summed E-state index contributed by atoms with van der Waals surface area (Å²) in [4.78, 5) is 12.2. The lowest BCUT2D eigenvalue weighted by atomic mass is 10.0. The van der Waals surface area contributed by atoms with E-state index in [4.69, 9.17) is 9.47 Å². The molecule has 132 valence electrons. The van der Waals surface area contributed by atoms with Gasteiger partial charge in [-0.2, -0.15) is 0 Å². The third-order valence-electron chi connectivity index (χ3n) is 4.51. The molecule has 2 aliphatic rings. The highest BCUT2D eigenvalue weighted by molar-refractivity contribution is 5.89. The molecular formula is C18H27N3O3. The second kappa shape index (κ2) is 8.35. The molecule has 24 heavy (non-hydrogen) atoms. The van der Waals surface area contributed by atoms with Crippen LogP contribution >= 0.6 is 0 Å². The van der Waals surface area contributed by atoms with Crippen molar-refractivity contribution in [3.8, 4) is 5.75 Å². The van der Waals surface area contributed by atoms with Crippen molar-refractivity contribution in [2.45, 2.75) is 50.8 Å². The molecular weight excluding hydrogens is 306 g/mol. The van der Waals surface area contributed by atoms with Gasteiger partial charge in [-0.25, -0.2) is 4.79 Å². The summed E-state index contributed by atoms with van der Waals surface area (Å²) >= 11 is 0. The van der Waals surface area contributed by atoms with Gasteiger partial charge in [-0.3, -0.25) is 0 Å². The molecule has 0 spiro atoms. The first-order valence-corrected chi connectivity index (χ1v) is 8.84. The van der Waals surface area contributed by atoms with Crippen molar-refractivity contribution in [3.63, 3.8) is 0 Å². The van der Waals surface area contributed by atoms with Crippen LogP contribution in [0.5, 0.6) is 5.75 Å². The van der Waals surface area contributed by atoms with Crippen LogP contribution in [0.4, 0.5) is 10.5 Å².